The summed E-state index contributed by atoms with van der Waals surface area (Å²) in [6.45, 7) is 4.35. The van der Waals surface area contributed by atoms with Crippen LogP contribution in [0.25, 0.3) is 0 Å². The van der Waals surface area contributed by atoms with E-state index < -0.39 is 15.4 Å². The fourth-order valence-corrected chi connectivity index (χ4v) is 4.23. The molecule has 152 valence electrons. The third-order valence-electron chi connectivity index (χ3n) is 5.01. The van der Waals surface area contributed by atoms with E-state index in [-0.39, 0.29) is 6.10 Å². The number of unbranched alkanes of at least 4 members (excludes halogenated alkanes) is 9. The number of aliphatic hydroxyl groups is 1. The van der Waals surface area contributed by atoms with Crippen molar-refractivity contribution in [2.75, 3.05) is 0 Å². The molecule has 0 amide bonds. The summed E-state index contributed by atoms with van der Waals surface area (Å²) >= 11 is 0. The van der Waals surface area contributed by atoms with Crippen LogP contribution in [-0.4, -0.2) is 29.4 Å². The molecule has 0 heterocycles. The van der Waals surface area contributed by atoms with Crippen LogP contribution in [-0.2, 0) is 10.1 Å². The van der Waals surface area contributed by atoms with E-state index in [4.69, 9.17) is 0 Å². The summed E-state index contributed by atoms with van der Waals surface area (Å²) in [5.41, 5.74) is 0. The highest BCUT2D eigenvalue weighted by molar-refractivity contribution is 7.86. The van der Waals surface area contributed by atoms with Gasteiger partial charge in [-0.1, -0.05) is 90.9 Å². The Morgan fingerprint density at radius 2 is 1.00 bits per heavy atom. The van der Waals surface area contributed by atoms with Crippen molar-refractivity contribution in [3.8, 4) is 0 Å². The number of rotatable bonds is 18. The summed E-state index contributed by atoms with van der Waals surface area (Å²) in [5, 5.41) is 9.36. The molecule has 4 nitrogen and oxygen atoms in total. The zero-order valence-corrected chi connectivity index (χ0v) is 17.4. The van der Waals surface area contributed by atoms with Gasteiger partial charge < -0.3 is 5.11 Å². The van der Waals surface area contributed by atoms with Crippen molar-refractivity contribution in [2.45, 2.75) is 128 Å². The van der Waals surface area contributed by atoms with Gasteiger partial charge in [0, 0.05) is 0 Å². The maximum atomic E-state index is 11.5. The van der Waals surface area contributed by atoms with Gasteiger partial charge >= 0.3 is 0 Å². The minimum Gasteiger partial charge on any atom is -0.393 e. The lowest BCUT2D eigenvalue weighted by Crippen LogP contribution is -2.20. The first-order valence-corrected chi connectivity index (χ1v) is 12.1. The van der Waals surface area contributed by atoms with Crippen molar-refractivity contribution < 1.29 is 18.1 Å². The molecule has 5 heteroatoms. The summed E-state index contributed by atoms with van der Waals surface area (Å²) in [6, 6.07) is 0. The van der Waals surface area contributed by atoms with Crippen LogP contribution in [0, 0.1) is 0 Å². The molecule has 0 radical (unpaired) electrons. The molecule has 0 saturated carbocycles. The molecule has 0 saturated heterocycles. The second kappa shape index (κ2) is 16.1. The van der Waals surface area contributed by atoms with Crippen molar-refractivity contribution in [3.05, 3.63) is 0 Å². The lowest BCUT2D eigenvalue weighted by Gasteiger charge is -2.15. The third kappa shape index (κ3) is 15.8. The molecular formula is C20H42O4S. The van der Waals surface area contributed by atoms with Crippen molar-refractivity contribution >= 4 is 10.1 Å². The molecule has 2 atom stereocenters. The van der Waals surface area contributed by atoms with E-state index in [1.165, 1.54) is 38.5 Å². The van der Waals surface area contributed by atoms with Crippen LogP contribution in [0.15, 0.2) is 0 Å². The highest BCUT2D eigenvalue weighted by atomic mass is 32.2. The maximum Gasteiger partial charge on any atom is 0.267 e. The summed E-state index contributed by atoms with van der Waals surface area (Å²) < 4.78 is 32.4. The molecule has 2 N–H and O–H groups in total. The van der Waals surface area contributed by atoms with Gasteiger partial charge in [0.2, 0.25) is 0 Å². The predicted octanol–water partition coefficient (Wildman–Crippen LogP) is 5.89. The van der Waals surface area contributed by atoms with Crippen molar-refractivity contribution in [3.63, 3.8) is 0 Å². The van der Waals surface area contributed by atoms with E-state index >= 15 is 0 Å². The van der Waals surface area contributed by atoms with E-state index in [2.05, 4.69) is 13.8 Å². The summed E-state index contributed by atoms with van der Waals surface area (Å²) in [4.78, 5) is 0. The van der Waals surface area contributed by atoms with E-state index in [1.54, 1.807) is 0 Å². The fourth-order valence-electron chi connectivity index (χ4n) is 3.30. The van der Waals surface area contributed by atoms with Crippen LogP contribution in [0.4, 0.5) is 0 Å². The Bertz CT molecular complexity index is 381. The highest BCUT2D eigenvalue weighted by Crippen LogP contribution is 2.19. The largest absolute Gasteiger partial charge is 0.393 e. The second-order valence-corrected chi connectivity index (χ2v) is 9.18. The lowest BCUT2D eigenvalue weighted by molar-refractivity contribution is 0.147. The van der Waals surface area contributed by atoms with Gasteiger partial charge in [-0.2, -0.15) is 8.42 Å². The maximum absolute atomic E-state index is 11.5. The van der Waals surface area contributed by atoms with E-state index in [1.807, 2.05) is 0 Å². The van der Waals surface area contributed by atoms with Gasteiger partial charge in [-0.15, -0.1) is 0 Å². The van der Waals surface area contributed by atoms with Gasteiger partial charge in [0.05, 0.1) is 11.4 Å². The fraction of sp³-hybridized carbons (Fsp3) is 1.00. The Balaban J connectivity index is 3.83. The molecular weight excluding hydrogens is 336 g/mol. The van der Waals surface area contributed by atoms with Gasteiger partial charge in [-0.05, 0) is 25.7 Å². The molecule has 0 aliphatic rings. The SMILES string of the molecule is CCCCCCCC(O)CCCCC(CCCCCCC)S(=O)(=O)O. The van der Waals surface area contributed by atoms with Crippen LogP contribution < -0.4 is 0 Å². The minimum absolute atomic E-state index is 0.264. The molecule has 0 aromatic heterocycles. The van der Waals surface area contributed by atoms with Gasteiger partial charge in [-0.3, -0.25) is 4.55 Å². The van der Waals surface area contributed by atoms with Crippen LogP contribution in [0.1, 0.15) is 117 Å². The average molecular weight is 379 g/mol. The minimum atomic E-state index is -3.94. The molecule has 0 bridgehead atoms. The van der Waals surface area contributed by atoms with Crippen molar-refractivity contribution in [1.29, 1.82) is 0 Å². The molecule has 0 aromatic rings. The number of hydrogen-bond donors (Lipinski definition) is 2. The van der Waals surface area contributed by atoms with E-state index in [0.29, 0.717) is 12.8 Å². The molecule has 0 aromatic carbocycles. The highest BCUT2D eigenvalue weighted by Gasteiger charge is 2.22. The van der Waals surface area contributed by atoms with Crippen LogP contribution in [0.5, 0.6) is 0 Å². The normalized spacial score (nSPS) is 14.6. The Labute approximate surface area is 156 Å². The zero-order valence-electron chi connectivity index (χ0n) is 16.6. The monoisotopic (exact) mass is 378 g/mol. The van der Waals surface area contributed by atoms with E-state index in [0.717, 1.165) is 51.4 Å². The number of aliphatic hydroxyl groups excluding tert-OH is 1. The Kier molecular flexibility index (Phi) is 16.0. The quantitative estimate of drug-likeness (QED) is 0.230. The van der Waals surface area contributed by atoms with E-state index in [9.17, 15) is 18.1 Å². The Morgan fingerprint density at radius 1 is 0.640 bits per heavy atom. The topological polar surface area (TPSA) is 74.6 Å². The Morgan fingerprint density at radius 3 is 1.44 bits per heavy atom. The third-order valence-corrected chi connectivity index (χ3v) is 6.32. The molecule has 0 spiro atoms. The van der Waals surface area contributed by atoms with Crippen LogP contribution in [0.2, 0.25) is 0 Å². The first-order chi connectivity index (χ1) is 11.9. The summed E-state index contributed by atoms with van der Waals surface area (Å²) in [6.07, 6.45) is 15.4. The van der Waals surface area contributed by atoms with Crippen LogP contribution >= 0.6 is 0 Å². The number of hydrogen-bond acceptors (Lipinski definition) is 3. The standard InChI is InChI=1S/C20H42O4S/c1-3-5-7-9-11-15-19(21)16-13-14-18-20(25(22,23)24)17-12-10-8-6-4-2/h19-21H,3-18H2,1-2H3,(H,22,23,24). The average Bonchev–Trinajstić information content (AvgIpc) is 2.55. The van der Waals surface area contributed by atoms with Crippen molar-refractivity contribution in [1.82, 2.24) is 0 Å². The molecule has 25 heavy (non-hydrogen) atoms. The first-order valence-electron chi connectivity index (χ1n) is 10.6. The van der Waals surface area contributed by atoms with Gasteiger partial charge in [-0.25, -0.2) is 0 Å². The van der Waals surface area contributed by atoms with Gasteiger partial charge in [0.1, 0.15) is 0 Å². The second-order valence-electron chi connectivity index (χ2n) is 7.48. The summed E-state index contributed by atoms with van der Waals surface area (Å²) in [5.74, 6) is 0. The smallest absolute Gasteiger partial charge is 0.267 e. The van der Waals surface area contributed by atoms with Gasteiger partial charge in [0.15, 0.2) is 0 Å². The summed E-state index contributed by atoms with van der Waals surface area (Å²) in [7, 11) is -3.94. The molecule has 0 aliphatic carbocycles. The first kappa shape index (κ1) is 24.9. The molecule has 0 rings (SSSR count). The lowest BCUT2D eigenvalue weighted by atomic mass is 10.0. The molecule has 0 aliphatic heterocycles. The predicted molar refractivity (Wildman–Crippen MR) is 107 cm³/mol. The molecule has 2 unspecified atom stereocenters. The zero-order chi connectivity index (χ0) is 19.0. The molecule has 0 fully saturated rings. The van der Waals surface area contributed by atoms with Crippen LogP contribution in [0.3, 0.4) is 0 Å². The van der Waals surface area contributed by atoms with Gasteiger partial charge in [0.25, 0.3) is 10.1 Å². The Hall–Kier alpha value is -0.130. The van der Waals surface area contributed by atoms with Crippen molar-refractivity contribution in [2.24, 2.45) is 0 Å².